The number of aliphatic carboxylic acids is 1. The third kappa shape index (κ3) is 2.95. The van der Waals surface area contributed by atoms with Crippen LogP contribution in [0, 0.1) is 5.41 Å². The Hall–Kier alpha value is -0.650. The van der Waals surface area contributed by atoms with Crippen LogP contribution >= 0.6 is 0 Å². The molecule has 0 aliphatic carbocycles. The molecule has 0 radical (unpaired) electrons. The molecule has 0 atom stereocenters. The predicted molar refractivity (Wildman–Crippen MR) is 46.9 cm³/mol. The van der Waals surface area contributed by atoms with Crippen molar-refractivity contribution in [2.24, 2.45) is 11.3 Å². The second kappa shape index (κ2) is 4.55. The van der Waals surface area contributed by atoms with Gasteiger partial charge in [-0.25, -0.2) is 5.90 Å². The van der Waals surface area contributed by atoms with Gasteiger partial charge in [0.25, 0.3) is 0 Å². The summed E-state index contributed by atoms with van der Waals surface area (Å²) in [6.07, 6.45) is 1.78. The highest BCUT2D eigenvalue weighted by atomic mass is 16.6. The number of nitrogens with one attached hydrogen (secondary N) is 1. The summed E-state index contributed by atoms with van der Waals surface area (Å²) >= 11 is 0. The molecule has 1 aliphatic heterocycles. The van der Waals surface area contributed by atoms with Crippen molar-refractivity contribution in [2.75, 3.05) is 19.7 Å². The number of rotatable bonds is 4. The molecule has 0 unspecified atom stereocenters. The fourth-order valence-electron chi connectivity index (χ4n) is 1.83. The van der Waals surface area contributed by atoms with E-state index in [-0.39, 0.29) is 11.8 Å². The largest absolute Gasteiger partial charge is 0.481 e. The SMILES string of the molecule is NOCC1(CC(=O)O)CCNCC1. The van der Waals surface area contributed by atoms with Gasteiger partial charge in [-0.2, -0.15) is 0 Å². The van der Waals surface area contributed by atoms with Gasteiger partial charge in [0.15, 0.2) is 0 Å². The van der Waals surface area contributed by atoms with Crippen molar-refractivity contribution in [2.45, 2.75) is 19.3 Å². The normalized spacial score (nSPS) is 21.3. The lowest BCUT2D eigenvalue weighted by molar-refractivity contribution is -0.141. The molecule has 0 aromatic heterocycles. The Balaban J connectivity index is 2.55. The maximum absolute atomic E-state index is 10.6. The second-order valence-corrected chi connectivity index (χ2v) is 3.63. The number of nitrogens with two attached hydrogens (primary N) is 1. The highest BCUT2D eigenvalue weighted by Gasteiger charge is 2.34. The van der Waals surface area contributed by atoms with E-state index in [1.807, 2.05) is 0 Å². The molecule has 0 aromatic rings. The van der Waals surface area contributed by atoms with Gasteiger partial charge in [0.05, 0.1) is 13.0 Å². The summed E-state index contributed by atoms with van der Waals surface area (Å²) in [5.41, 5.74) is -0.258. The number of carboxylic acids is 1. The summed E-state index contributed by atoms with van der Waals surface area (Å²) in [7, 11) is 0. The van der Waals surface area contributed by atoms with Crippen molar-refractivity contribution >= 4 is 5.97 Å². The van der Waals surface area contributed by atoms with E-state index in [1.165, 1.54) is 0 Å². The van der Waals surface area contributed by atoms with Gasteiger partial charge in [-0.1, -0.05) is 0 Å². The van der Waals surface area contributed by atoms with Crippen LogP contribution in [0.25, 0.3) is 0 Å². The van der Waals surface area contributed by atoms with E-state index in [4.69, 9.17) is 11.0 Å². The molecule has 0 amide bonds. The number of carbonyl (C=O) groups is 1. The maximum atomic E-state index is 10.6. The van der Waals surface area contributed by atoms with Crippen LogP contribution in [0.5, 0.6) is 0 Å². The van der Waals surface area contributed by atoms with Crippen molar-refractivity contribution in [1.82, 2.24) is 5.32 Å². The Morgan fingerprint density at radius 1 is 1.54 bits per heavy atom. The molecule has 5 heteroatoms. The molecule has 0 aromatic carbocycles. The molecule has 1 heterocycles. The van der Waals surface area contributed by atoms with Crippen LogP contribution in [0.1, 0.15) is 19.3 Å². The van der Waals surface area contributed by atoms with Crippen LogP contribution in [-0.4, -0.2) is 30.8 Å². The van der Waals surface area contributed by atoms with Crippen LogP contribution in [-0.2, 0) is 9.63 Å². The molecular weight excluding hydrogens is 172 g/mol. The molecule has 76 valence electrons. The van der Waals surface area contributed by atoms with Gasteiger partial charge in [-0.3, -0.25) is 4.79 Å². The fraction of sp³-hybridized carbons (Fsp3) is 0.875. The molecule has 1 fully saturated rings. The molecular formula is C8H16N2O3. The van der Waals surface area contributed by atoms with E-state index >= 15 is 0 Å². The van der Waals surface area contributed by atoms with E-state index in [1.54, 1.807) is 0 Å². The average molecular weight is 188 g/mol. The van der Waals surface area contributed by atoms with Crippen molar-refractivity contribution in [3.63, 3.8) is 0 Å². The maximum Gasteiger partial charge on any atom is 0.303 e. The zero-order valence-electron chi connectivity index (χ0n) is 7.58. The zero-order valence-corrected chi connectivity index (χ0v) is 7.58. The van der Waals surface area contributed by atoms with Crippen LogP contribution < -0.4 is 11.2 Å². The number of hydrogen-bond acceptors (Lipinski definition) is 4. The minimum Gasteiger partial charge on any atom is -0.481 e. The van der Waals surface area contributed by atoms with E-state index in [9.17, 15) is 4.79 Å². The summed E-state index contributed by atoms with van der Waals surface area (Å²) < 4.78 is 0. The first-order valence-corrected chi connectivity index (χ1v) is 4.43. The van der Waals surface area contributed by atoms with Gasteiger partial charge >= 0.3 is 5.97 Å². The third-order valence-corrected chi connectivity index (χ3v) is 2.58. The number of hydrogen-bond donors (Lipinski definition) is 3. The quantitative estimate of drug-likeness (QED) is 0.528. The first kappa shape index (κ1) is 10.4. The van der Waals surface area contributed by atoms with Crippen LogP contribution in [0.15, 0.2) is 0 Å². The Kier molecular flexibility index (Phi) is 3.65. The Labute approximate surface area is 77.2 Å². The fourth-order valence-corrected chi connectivity index (χ4v) is 1.83. The lowest BCUT2D eigenvalue weighted by atomic mass is 9.77. The zero-order chi connectivity index (χ0) is 9.73. The van der Waals surface area contributed by atoms with Gasteiger partial charge in [0, 0.05) is 5.41 Å². The van der Waals surface area contributed by atoms with E-state index in [2.05, 4.69) is 10.2 Å². The Morgan fingerprint density at radius 3 is 2.62 bits per heavy atom. The Morgan fingerprint density at radius 2 is 2.15 bits per heavy atom. The van der Waals surface area contributed by atoms with Crippen molar-refractivity contribution in [3.8, 4) is 0 Å². The van der Waals surface area contributed by atoms with Gasteiger partial charge in [-0.15, -0.1) is 0 Å². The van der Waals surface area contributed by atoms with Crippen LogP contribution in [0.4, 0.5) is 0 Å². The lowest BCUT2D eigenvalue weighted by Crippen LogP contribution is -2.41. The summed E-state index contributed by atoms with van der Waals surface area (Å²) in [5, 5.41) is 11.9. The van der Waals surface area contributed by atoms with Gasteiger partial charge in [0.1, 0.15) is 0 Å². The van der Waals surface area contributed by atoms with Crippen LogP contribution in [0.2, 0.25) is 0 Å². The summed E-state index contributed by atoms with van der Waals surface area (Å²) in [4.78, 5) is 15.2. The molecule has 5 nitrogen and oxygen atoms in total. The molecule has 0 bridgehead atoms. The van der Waals surface area contributed by atoms with Gasteiger partial charge in [0.2, 0.25) is 0 Å². The third-order valence-electron chi connectivity index (χ3n) is 2.58. The minimum atomic E-state index is -0.779. The first-order valence-electron chi connectivity index (χ1n) is 4.43. The highest BCUT2D eigenvalue weighted by Crippen LogP contribution is 2.32. The highest BCUT2D eigenvalue weighted by molar-refractivity contribution is 5.67. The predicted octanol–water partition coefficient (Wildman–Crippen LogP) is -0.279. The van der Waals surface area contributed by atoms with Gasteiger partial charge < -0.3 is 15.3 Å². The van der Waals surface area contributed by atoms with Gasteiger partial charge in [-0.05, 0) is 25.9 Å². The smallest absolute Gasteiger partial charge is 0.303 e. The molecule has 13 heavy (non-hydrogen) atoms. The molecule has 0 spiro atoms. The average Bonchev–Trinajstić information content (AvgIpc) is 2.04. The molecule has 1 rings (SSSR count). The summed E-state index contributed by atoms with van der Waals surface area (Å²) in [6.45, 7) is 2.02. The molecule has 4 N–H and O–H groups in total. The summed E-state index contributed by atoms with van der Waals surface area (Å²) in [5.74, 6) is 4.23. The van der Waals surface area contributed by atoms with Crippen LogP contribution in [0.3, 0.4) is 0 Å². The van der Waals surface area contributed by atoms with E-state index in [0.29, 0.717) is 6.61 Å². The molecule has 1 aliphatic rings. The van der Waals surface area contributed by atoms with E-state index < -0.39 is 5.97 Å². The summed E-state index contributed by atoms with van der Waals surface area (Å²) in [6, 6.07) is 0. The van der Waals surface area contributed by atoms with Crippen molar-refractivity contribution < 1.29 is 14.7 Å². The van der Waals surface area contributed by atoms with Crippen molar-refractivity contribution in [1.29, 1.82) is 0 Å². The Bertz CT molecular complexity index is 173. The molecule has 1 saturated heterocycles. The van der Waals surface area contributed by atoms with Crippen molar-refractivity contribution in [3.05, 3.63) is 0 Å². The molecule has 0 saturated carbocycles. The first-order chi connectivity index (χ1) is 6.18. The second-order valence-electron chi connectivity index (χ2n) is 3.63. The number of piperidine rings is 1. The standard InChI is InChI=1S/C8H16N2O3/c9-13-6-8(5-7(11)12)1-3-10-4-2-8/h10H,1-6,9H2,(H,11,12). The minimum absolute atomic E-state index is 0.145. The lowest BCUT2D eigenvalue weighted by Gasteiger charge is -2.35. The number of carboxylic acid groups (broad SMARTS) is 1. The van der Waals surface area contributed by atoms with E-state index in [0.717, 1.165) is 25.9 Å². The monoisotopic (exact) mass is 188 g/mol. The topological polar surface area (TPSA) is 84.6 Å².